The van der Waals surface area contributed by atoms with Crippen molar-refractivity contribution in [1.82, 2.24) is 4.57 Å². The normalized spacial score (nSPS) is 10.6. The molecule has 0 spiro atoms. The van der Waals surface area contributed by atoms with E-state index in [1.54, 1.807) is 7.11 Å². The molecule has 2 aromatic carbocycles. The van der Waals surface area contributed by atoms with Crippen molar-refractivity contribution in [3.63, 3.8) is 0 Å². The third-order valence-corrected chi connectivity index (χ3v) is 4.33. The summed E-state index contributed by atoms with van der Waals surface area (Å²) in [5, 5.41) is 0. The molecule has 0 N–H and O–H groups in total. The summed E-state index contributed by atoms with van der Waals surface area (Å²) in [7, 11) is 1.64. The number of aryl methyl sites for hydroxylation is 1. The van der Waals surface area contributed by atoms with Gasteiger partial charge in [-0.2, -0.15) is 0 Å². The van der Waals surface area contributed by atoms with Crippen LogP contribution in [0.2, 0.25) is 0 Å². The number of methoxy groups -OCH3 is 1. The molecule has 0 saturated heterocycles. The number of carbonyl (C=O) groups is 1. The van der Waals surface area contributed by atoms with Gasteiger partial charge in [0.1, 0.15) is 5.75 Å². The van der Waals surface area contributed by atoms with E-state index in [0.717, 1.165) is 22.7 Å². The van der Waals surface area contributed by atoms with Crippen molar-refractivity contribution in [2.24, 2.45) is 0 Å². The van der Waals surface area contributed by atoms with Crippen LogP contribution in [0.1, 0.15) is 28.5 Å². The summed E-state index contributed by atoms with van der Waals surface area (Å²) in [5.74, 6) is 0.447. The van der Waals surface area contributed by atoms with Crippen molar-refractivity contribution in [3.8, 4) is 17.0 Å². The molecule has 0 aliphatic rings. The second-order valence-corrected chi connectivity index (χ2v) is 6.07. The minimum Gasteiger partial charge on any atom is -0.497 e. The standard InChI is InChI=1S/C22H23NO3/c1-4-26-22(24)20-13-16(2)23(15-17-9-6-5-7-10-17)21(20)18-11-8-12-19(14-18)25-3/h5-14H,4,15H2,1-3H3. The summed E-state index contributed by atoms with van der Waals surface area (Å²) in [6.45, 7) is 4.85. The molecule has 0 bridgehead atoms. The van der Waals surface area contributed by atoms with E-state index in [9.17, 15) is 4.79 Å². The lowest BCUT2D eigenvalue weighted by Gasteiger charge is -2.14. The first-order valence-electron chi connectivity index (χ1n) is 8.69. The molecule has 134 valence electrons. The Hall–Kier alpha value is -3.01. The smallest absolute Gasteiger partial charge is 0.340 e. The number of rotatable bonds is 6. The number of esters is 1. The maximum absolute atomic E-state index is 12.5. The second-order valence-electron chi connectivity index (χ2n) is 6.07. The van der Waals surface area contributed by atoms with Gasteiger partial charge in [-0.1, -0.05) is 42.5 Å². The number of benzene rings is 2. The van der Waals surface area contributed by atoms with Gasteiger partial charge in [-0.05, 0) is 37.6 Å². The first-order valence-corrected chi connectivity index (χ1v) is 8.69. The summed E-state index contributed by atoms with van der Waals surface area (Å²) >= 11 is 0. The molecule has 0 unspecified atom stereocenters. The summed E-state index contributed by atoms with van der Waals surface area (Å²) in [5.41, 5.74) is 4.54. The van der Waals surface area contributed by atoms with Gasteiger partial charge in [-0.3, -0.25) is 0 Å². The van der Waals surface area contributed by atoms with Crippen molar-refractivity contribution in [2.45, 2.75) is 20.4 Å². The molecular weight excluding hydrogens is 326 g/mol. The molecule has 3 rings (SSSR count). The van der Waals surface area contributed by atoms with Crippen molar-refractivity contribution >= 4 is 5.97 Å². The van der Waals surface area contributed by atoms with Crippen LogP contribution in [0.15, 0.2) is 60.7 Å². The Bertz CT molecular complexity index is 897. The Labute approximate surface area is 154 Å². The Kier molecular flexibility index (Phi) is 5.42. The van der Waals surface area contributed by atoms with Crippen molar-refractivity contribution < 1.29 is 14.3 Å². The van der Waals surface area contributed by atoms with Crippen LogP contribution in [0.25, 0.3) is 11.3 Å². The van der Waals surface area contributed by atoms with Crippen LogP contribution in [0, 0.1) is 6.92 Å². The lowest BCUT2D eigenvalue weighted by molar-refractivity contribution is 0.0527. The highest BCUT2D eigenvalue weighted by atomic mass is 16.5. The summed E-state index contributed by atoms with van der Waals surface area (Å²) in [4.78, 5) is 12.5. The highest BCUT2D eigenvalue weighted by Crippen LogP contribution is 2.31. The summed E-state index contributed by atoms with van der Waals surface area (Å²) < 4.78 is 12.8. The zero-order valence-electron chi connectivity index (χ0n) is 15.4. The monoisotopic (exact) mass is 349 g/mol. The van der Waals surface area contributed by atoms with Gasteiger partial charge in [0.2, 0.25) is 0 Å². The fraction of sp³-hybridized carbons (Fsp3) is 0.227. The SMILES string of the molecule is CCOC(=O)c1cc(C)n(Cc2ccccc2)c1-c1cccc(OC)c1. The number of hydrogen-bond acceptors (Lipinski definition) is 3. The Morgan fingerprint density at radius 3 is 2.50 bits per heavy atom. The van der Waals surface area contributed by atoms with Crippen molar-refractivity contribution in [1.29, 1.82) is 0 Å². The van der Waals surface area contributed by atoms with Gasteiger partial charge in [-0.25, -0.2) is 4.79 Å². The van der Waals surface area contributed by atoms with E-state index in [1.165, 1.54) is 5.56 Å². The van der Waals surface area contributed by atoms with E-state index >= 15 is 0 Å². The summed E-state index contributed by atoms with van der Waals surface area (Å²) in [6, 6.07) is 19.9. The molecule has 0 atom stereocenters. The number of nitrogens with zero attached hydrogens (tertiary/aromatic N) is 1. The molecule has 0 radical (unpaired) electrons. The Balaban J connectivity index is 2.15. The van der Waals surface area contributed by atoms with Crippen molar-refractivity contribution in [3.05, 3.63) is 77.5 Å². The third-order valence-electron chi connectivity index (χ3n) is 4.33. The van der Waals surface area contributed by atoms with Crippen molar-refractivity contribution in [2.75, 3.05) is 13.7 Å². The van der Waals surface area contributed by atoms with Gasteiger partial charge < -0.3 is 14.0 Å². The molecule has 4 nitrogen and oxygen atoms in total. The lowest BCUT2D eigenvalue weighted by atomic mass is 10.1. The molecule has 0 fully saturated rings. The highest BCUT2D eigenvalue weighted by Gasteiger charge is 2.21. The highest BCUT2D eigenvalue weighted by molar-refractivity contribution is 5.97. The van der Waals surface area contributed by atoms with E-state index in [0.29, 0.717) is 18.7 Å². The van der Waals surface area contributed by atoms with E-state index < -0.39 is 0 Å². The van der Waals surface area contributed by atoms with Gasteiger partial charge in [-0.15, -0.1) is 0 Å². The molecule has 3 aromatic rings. The fourth-order valence-electron chi connectivity index (χ4n) is 3.09. The van der Waals surface area contributed by atoms with Crippen LogP contribution in [0.3, 0.4) is 0 Å². The average molecular weight is 349 g/mol. The van der Waals surface area contributed by atoms with Crippen LogP contribution >= 0.6 is 0 Å². The Morgan fingerprint density at radius 2 is 1.81 bits per heavy atom. The molecule has 1 heterocycles. The van der Waals surface area contributed by atoms with Gasteiger partial charge in [0, 0.05) is 17.8 Å². The second kappa shape index (κ2) is 7.91. The van der Waals surface area contributed by atoms with Crippen LogP contribution in [0.5, 0.6) is 5.75 Å². The topological polar surface area (TPSA) is 40.5 Å². The van der Waals surface area contributed by atoms with Gasteiger partial charge in [0.05, 0.1) is 25.0 Å². The predicted molar refractivity (Wildman–Crippen MR) is 103 cm³/mol. The maximum Gasteiger partial charge on any atom is 0.340 e. The van der Waals surface area contributed by atoms with E-state index in [-0.39, 0.29) is 5.97 Å². The van der Waals surface area contributed by atoms with Crippen LogP contribution in [0.4, 0.5) is 0 Å². The number of ether oxygens (including phenoxy) is 2. The first kappa shape index (κ1) is 17.8. The zero-order valence-corrected chi connectivity index (χ0v) is 15.4. The van der Waals surface area contributed by atoms with E-state index in [4.69, 9.17) is 9.47 Å². The molecule has 0 amide bonds. The predicted octanol–water partition coefficient (Wildman–Crippen LogP) is 4.70. The minimum absolute atomic E-state index is 0.305. The van der Waals surface area contributed by atoms with Gasteiger partial charge in [0.25, 0.3) is 0 Å². The molecule has 1 aromatic heterocycles. The van der Waals surface area contributed by atoms with Gasteiger partial charge >= 0.3 is 5.97 Å². The molecule has 0 saturated carbocycles. The summed E-state index contributed by atoms with van der Waals surface area (Å²) in [6.07, 6.45) is 0. The number of aromatic nitrogens is 1. The zero-order chi connectivity index (χ0) is 18.5. The van der Waals surface area contributed by atoms with Gasteiger partial charge in [0.15, 0.2) is 0 Å². The largest absolute Gasteiger partial charge is 0.497 e. The van der Waals surface area contributed by atoms with E-state index in [2.05, 4.69) is 16.7 Å². The quantitative estimate of drug-likeness (QED) is 0.606. The third kappa shape index (κ3) is 3.64. The molecule has 4 heteroatoms. The number of carbonyl (C=O) groups excluding carboxylic acids is 1. The minimum atomic E-state index is -0.305. The number of hydrogen-bond donors (Lipinski definition) is 0. The molecule has 0 aliphatic carbocycles. The molecule has 0 aliphatic heterocycles. The van der Waals surface area contributed by atoms with Crippen LogP contribution in [-0.2, 0) is 11.3 Å². The molecular formula is C22H23NO3. The maximum atomic E-state index is 12.5. The molecule has 26 heavy (non-hydrogen) atoms. The fourth-order valence-corrected chi connectivity index (χ4v) is 3.09. The van der Waals surface area contributed by atoms with E-state index in [1.807, 2.05) is 62.4 Å². The first-order chi connectivity index (χ1) is 12.6. The van der Waals surface area contributed by atoms with Crippen LogP contribution in [-0.4, -0.2) is 24.3 Å². The average Bonchev–Trinajstić information content (AvgIpc) is 2.99. The van der Waals surface area contributed by atoms with Crippen LogP contribution < -0.4 is 4.74 Å². The Morgan fingerprint density at radius 1 is 1.04 bits per heavy atom. The lowest BCUT2D eigenvalue weighted by Crippen LogP contribution is -2.08.